The molecule has 3 rings (SSSR count). The van der Waals surface area contributed by atoms with E-state index in [1.54, 1.807) is 0 Å². The fraction of sp³-hybridized carbons (Fsp3) is 1.00. The first-order chi connectivity index (χ1) is 13.6. The molecule has 5 nitrogen and oxygen atoms in total. The first-order valence-corrected chi connectivity index (χ1v) is 17.2. The maximum absolute atomic E-state index is 7.18. The first-order valence-electron chi connectivity index (χ1n) is 12.0. The normalized spacial score (nSPS) is 29.9. The van der Waals surface area contributed by atoms with E-state index < -0.39 is 8.56 Å². The van der Waals surface area contributed by atoms with Crippen LogP contribution in [-0.4, -0.2) is 99.7 Å². The largest absolute Gasteiger partial charge is 0.391 e. The van der Waals surface area contributed by atoms with Crippen molar-refractivity contribution in [1.29, 1.82) is 0 Å². The van der Waals surface area contributed by atoms with Crippen molar-refractivity contribution in [2.24, 2.45) is 10.8 Å². The third-order valence-corrected chi connectivity index (χ3v) is 17.2. The molecule has 170 valence electrons. The second kappa shape index (κ2) is 9.52. The third kappa shape index (κ3) is 5.45. The van der Waals surface area contributed by atoms with Crippen LogP contribution in [0.25, 0.3) is 0 Å². The van der Waals surface area contributed by atoms with Crippen molar-refractivity contribution in [2.75, 3.05) is 46.4 Å². The van der Waals surface area contributed by atoms with Gasteiger partial charge in [-0.1, -0.05) is 41.5 Å². The van der Waals surface area contributed by atoms with Gasteiger partial charge in [0.15, 0.2) is 0 Å². The molecule has 3 saturated heterocycles. The highest BCUT2D eigenvalue weighted by molar-refractivity contribution is 6.72. The van der Waals surface area contributed by atoms with E-state index in [0.717, 1.165) is 26.3 Å². The fourth-order valence-electron chi connectivity index (χ4n) is 6.15. The lowest BCUT2D eigenvalue weighted by molar-refractivity contribution is 0.0394. The standard InChI is InChI=1S/C21H47N3O2Si3/c1-20(2,3)18(23-10-8-16-27-23)29(25-14-12-22(7)13-15-26-29)19(21(4,5)6)24-11-9-17-28-24/h18-19H,8-17,27-28H2,1-7H3. The molecule has 0 aromatic rings. The van der Waals surface area contributed by atoms with E-state index in [1.807, 2.05) is 0 Å². The van der Waals surface area contributed by atoms with Gasteiger partial charge in [-0.3, -0.25) is 0 Å². The van der Waals surface area contributed by atoms with Crippen LogP contribution in [0.3, 0.4) is 0 Å². The summed E-state index contributed by atoms with van der Waals surface area (Å²) >= 11 is 0. The van der Waals surface area contributed by atoms with Gasteiger partial charge in [-0.05, 0) is 55.9 Å². The number of hydrogen-bond acceptors (Lipinski definition) is 5. The van der Waals surface area contributed by atoms with Crippen LogP contribution in [-0.2, 0) is 8.85 Å². The van der Waals surface area contributed by atoms with Crippen molar-refractivity contribution >= 4 is 27.9 Å². The van der Waals surface area contributed by atoms with E-state index >= 15 is 0 Å². The van der Waals surface area contributed by atoms with E-state index in [1.165, 1.54) is 38.0 Å². The van der Waals surface area contributed by atoms with Crippen LogP contribution in [0, 0.1) is 10.8 Å². The van der Waals surface area contributed by atoms with E-state index in [4.69, 9.17) is 8.85 Å². The summed E-state index contributed by atoms with van der Waals surface area (Å²) in [6.45, 7) is 21.0. The van der Waals surface area contributed by atoms with Gasteiger partial charge in [0.05, 0.1) is 30.7 Å². The molecule has 2 unspecified atom stereocenters. The van der Waals surface area contributed by atoms with Gasteiger partial charge in [0.1, 0.15) is 0 Å². The summed E-state index contributed by atoms with van der Waals surface area (Å²) < 4.78 is 20.2. The monoisotopic (exact) mass is 457 g/mol. The van der Waals surface area contributed by atoms with E-state index in [-0.39, 0.29) is 30.2 Å². The smallest absolute Gasteiger partial charge is 0.373 e. The van der Waals surface area contributed by atoms with Crippen LogP contribution in [0.2, 0.25) is 12.1 Å². The van der Waals surface area contributed by atoms with Gasteiger partial charge < -0.3 is 22.9 Å². The van der Waals surface area contributed by atoms with Crippen molar-refractivity contribution in [2.45, 2.75) is 77.8 Å². The quantitative estimate of drug-likeness (QED) is 0.600. The predicted molar refractivity (Wildman–Crippen MR) is 131 cm³/mol. The lowest BCUT2D eigenvalue weighted by Crippen LogP contribution is -2.77. The van der Waals surface area contributed by atoms with Crippen LogP contribution < -0.4 is 0 Å². The molecule has 0 spiro atoms. The molecule has 0 bridgehead atoms. The highest BCUT2D eigenvalue weighted by Gasteiger charge is 2.63. The molecule has 0 amide bonds. The van der Waals surface area contributed by atoms with Crippen LogP contribution in [0.15, 0.2) is 0 Å². The minimum absolute atomic E-state index is 0.180. The Labute approximate surface area is 185 Å². The Morgan fingerprint density at radius 2 is 1.14 bits per heavy atom. The molecule has 0 aromatic carbocycles. The number of likely N-dealkylation sites (N-methyl/N-ethyl adjacent to an activating group) is 1. The molecule has 3 heterocycles. The Kier molecular flexibility index (Phi) is 7.91. The van der Waals surface area contributed by atoms with Crippen molar-refractivity contribution in [3.8, 4) is 0 Å². The Morgan fingerprint density at radius 1 is 0.724 bits per heavy atom. The maximum Gasteiger partial charge on any atom is 0.373 e. The average molecular weight is 458 g/mol. The number of nitrogens with zero attached hydrogens (tertiary/aromatic N) is 3. The van der Waals surface area contributed by atoms with Gasteiger partial charge in [0.2, 0.25) is 0 Å². The molecular weight excluding hydrogens is 411 g/mol. The summed E-state index contributed by atoms with van der Waals surface area (Å²) in [5.41, 5.74) is 1.29. The Balaban J connectivity index is 2.10. The number of rotatable bonds is 4. The molecule has 8 heteroatoms. The third-order valence-electron chi connectivity index (χ3n) is 7.02. The van der Waals surface area contributed by atoms with Crippen molar-refractivity contribution in [3.05, 3.63) is 0 Å². The van der Waals surface area contributed by atoms with Gasteiger partial charge in [0.25, 0.3) is 0 Å². The SMILES string of the molecule is CN1CCO[Si](C(N2CCC[SiH2]2)C(C)(C)C)(C(N2CCC[SiH2]2)C(C)(C)C)OCC1. The van der Waals surface area contributed by atoms with Crippen LogP contribution in [0.5, 0.6) is 0 Å². The lowest BCUT2D eigenvalue weighted by Gasteiger charge is -2.56. The topological polar surface area (TPSA) is 28.2 Å². The van der Waals surface area contributed by atoms with Crippen molar-refractivity contribution < 1.29 is 8.85 Å². The van der Waals surface area contributed by atoms with Gasteiger partial charge in [-0.15, -0.1) is 0 Å². The molecule has 0 radical (unpaired) electrons. The van der Waals surface area contributed by atoms with Crippen LogP contribution in [0.1, 0.15) is 54.4 Å². The van der Waals surface area contributed by atoms with Gasteiger partial charge >= 0.3 is 8.56 Å². The molecular formula is C21H47N3O2Si3. The molecule has 0 saturated carbocycles. The molecule has 29 heavy (non-hydrogen) atoms. The highest BCUT2D eigenvalue weighted by atomic mass is 28.4. The molecule has 0 N–H and O–H groups in total. The molecule has 0 aliphatic carbocycles. The fourth-order valence-corrected chi connectivity index (χ4v) is 18.2. The van der Waals surface area contributed by atoms with Gasteiger partial charge in [-0.25, -0.2) is 0 Å². The zero-order valence-electron chi connectivity index (χ0n) is 20.3. The van der Waals surface area contributed by atoms with E-state index in [0.29, 0.717) is 11.3 Å². The average Bonchev–Trinajstić information content (AvgIpc) is 3.24. The van der Waals surface area contributed by atoms with Crippen molar-refractivity contribution in [3.63, 3.8) is 0 Å². The lowest BCUT2D eigenvalue weighted by atomic mass is 9.95. The zero-order valence-corrected chi connectivity index (χ0v) is 24.1. The predicted octanol–water partition coefficient (Wildman–Crippen LogP) is 1.73. The highest BCUT2D eigenvalue weighted by Crippen LogP contribution is 2.43. The number of hydrogen-bond donors (Lipinski definition) is 0. The second-order valence-corrected chi connectivity index (χ2v) is 18.8. The summed E-state index contributed by atoms with van der Waals surface area (Å²) in [5.74, 6) is 0. The Bertz CT molecular complexity index is 480. The van der Waals surface area contributed by atoms with Crippen LogP contribution >= 0.6 is 0 Å². The maximum atomic E-state index is 7.18. The molecule has 3 fully saturated rings. The van der Waals surface area contributed by atoms with E-state index in [2.05, 4.69) is 62.6 Å². The summed E-state index contributed by atoms with van der Waals surface area (Å²) in [6, 6.07) is 2.91. The summed E-state index contributed by atoms with van der Waals surface area (Å²) in [4.78, 5) is 2.37. The van der Waals surface area contributed by atoms with Gasteiger partial charge in [-0.2, -0.15) is 0 Å². The summed E-state index contributed by atoms with van der Waals surface area (Å²) in [7, 11) is -0.740. The van der Waals surface area contributed by atoms with Crippen molar-refractivity contribution in [1.82, 2.24) is 14.0 Å². The minimum Gasteiger partial charge on any atom is -0.391 e. The van der Waals surface area contributed by atoms with Gasteiger partial charge in [0, 0.05) is 26.3 Å². The Hall–Kier alpha value is 0.451. The first kappa shape index (κ1) is 24.1. The second-order valence-electron chi connectivity index (χ2n) is 11.7. The molecule has 3 aliphatic heterocycles. The molecule has 3 aliphatic rings. The zero-order chi connectivity index (χ0) is 21.3. The molecule has 0 aromatic heterocycles. The Morgan fingerprint density at radius 3 is 1.45 bits per heavy atom. The molecule has 2 atom stereocenters. The summed E-state index contributed by atoms with van der Waals surface area (Å²) in [6.07, 6.45) is 2.76. The minimum atomic E-state index is -2.56. The van der Waals surface area contributed by atoms with E-state index in [9.17, 15) is 0 Å². The summed E-state index contributed by atoms with van der Waals surface area (Å²) in [5, 5.41) is 0. The van der Waals surface area contributed by atoms with Crippen LogP contribution in [0.4, 0.5) is 0 Å².